The Balaban J connectivity index is 1.41. The molecule has 0 spiro atoms. The number of rotatable bonds is 7. The van der Waals surface area contributed by atoms with Gasteiger partial charge >= 0.3 is 0 Å². The van der Waals surface area contributed by atoms with Crippen LogP contribution in [0, 0.1) is 6.92 Å². The Labute approximate surface area is 176 Å². The van der Waals surface area contributed by atoms with Gasteiger partial charge in [0.05, 0.1) is 6.04 Å². The van der Waals surface area contributed by atoms with Crippen LogP contribution >= 0.6 is 0 Å². The Bertz CT molecular complexity index is 1140. The third-order valence-corrected chi connectivity index (χ3v) is 5.20. The maximum absolute atomic E-state index is 12.7. The first kappa shape index (κ1) is 19.8. The van der Waals surface area contributed by atoms with Crippen LogP contribution in [-0.4, -0.2) is 5.91 Å². The fraction of sp³-hybridized carbons (Fsp3) is 0.192. The van der Waals surface area contributed by atoms with Crippen molar-refractivity contribution in [1.29, 1.82) is 0 Å². The number of fused-ring (bicyclic) bond motifs is 1. The van der Waals surface area contributed by atoms with Crippen LogP contribution in [0.3, 0.4) is 0 Å². The van der Waals surface area contributed by atoms with Gasteiger partial charge in [-0.15, -0.1) is 0 Å². The maximum atomic E-state index is 12.7. The monoisotopic (exact) mass is 399 g/mol. The molecule has 30 heavy (non-hydrogen) atoms. The number of ether oxygens (including phenoxy) is 1. The molecule has 1 amide bonds. The molecule has 152 valence electrons. The van der Waals surface area contributed by atoms with E-state index in [4.69, 9.17) is 9.15 Å². The highest BCUT2D eigenvalue weighted by molar-refractivity contribution is 5.91. The van der Waals surface area contributed by atoms with Crippen molar-refractivity contribution < 1.29 is 13.9 Å². The normalized spacial score (nSPS) is 11.9. The lowest BCUT2D eigenvalue weighted by Crippen LogP contribution is -2.27. The summed E-state index contributed by atoms with van der Waals surface area (Å²) in [7, 11) is 0. The Kier molecular flexibility index (Phi) is 5.84. The summed E-state index contributed by atoms with van der Waals surface area (Å²) in [5.41, 5.74) is 2.28. The Morgan fingerprint density at radius 2 is 1.73 bits per heavy atom. The van der Waals surface area contributed by atoms with E-state index in [9.17, 15) is 4.79 Å². The molecule has 4 heteroatoms. The summed E-state index contributed by atoms with van der Waals surface area (Å²) in [5.74, 6) is 1.47. The van der Waals surface area contributed by atoms with Gasteiger partial charge in [0.15, 0.2) is 5.76 Å². The van der Waals surface area contributed by atoms with Gasteiger partial charge in [0.2, 0.25) is 0 Å². The summed E-state index contributed by atoms with van der Waals surface area (Å²) >= 11 is 0. The molecule has 1 N–H and O–H groups in total. The SMILES string of the molecule is CCC(NC(=O)c1ccc(COc2cccc3ccccc23)o1)c1ccc(C)cc1. The number of benzene rings is 3. The maximum Gasteiger partial charge on any atom is 0.287 e. The van der Waals surface area contributed by atoms with Crippen LogP contribution in [0.5, 0.6) is 5.75 Å². The molecule has 0 aliphatic heterocycles. The van der Waals surface area contributed by atoms with Crippen molar-refractivity contribution in [3.05, 3.63) is 102 Å². The van der Waals surface area contributed by atoms with Gasteiger partial charge in [0, 0.05) is 5.39 Å². The van der Waals surface area contributed by atoms with Crippen LogP contribution in [0.25, 0.3) is 10.8 Å². The molecule has 0 saturated carbocycles. The molecule has 1 aromatic heterocycles. The van der Waals surface area contributed by atoms with E-state index in [-0.39, 0.29) is 24.3 Å². The zero-order chi connectivity index (χ0) is 20.9. The molecule has 0 saturated heterocycles. The smallest absolute Gasteiger partial charge is 0.287 e. The highest BCUT2D eigenvalue weighted by atomic mass is 16.5. The van der Waals surface area contributed by atoms with Crippen LogP contribution in [0.4, 0.5) is 0 Å². The number of hydrogen-bond donors (Lipinski definition) is 1. The Hall–Kier alpha value is -3.53. The third-order valence-electron chi connectivity index (χ3n) is 5.20. The van der Waals surface area contributed by atoms with Crippen molar-refractivity contribution in [2.45, 2.75) is 32.9 Å². The van der Waals surface area contributed by atoms with Crippen molar-refractivity contribution in [2.24, 2.45) is 0 Å². The number of nitrogens with one attached hydrogen (secondary N) is 1. The van der Waals surface area contributed by atoms with E-state index in [1.54, 1.807) is 12.1 Å². The highest BCUT2D eigenvalue weighted by Gasteiger charge is 2.17. The summed E-state index contributed by atoms with van der Waals surface area (Å²) in [6, 6.07) is 25.7. The molecule has 1 atom stereocenters. The van der Waals surface area contributed by atoms with Crippen molar-refractivity contribution in [2.75, 3.05) is 0 Å². The van der Waals surface area contributed by atoms with Gasteiger partial charge in [-0.1, -0.05) is 73.2 Å². The van der Waals surface area contributed by atoms with Crippen LogP contribution in [0.2, 0.25) is 0 Å². The molecular weight excluding hydrogens is 374 g/mol. The second-order valence-electron chi connectivity index (χ2n) is 7.38. The zero-order valence-corrected chi connectivity index (χ0v) is 17.2. The fourth-order valence-electron chi connectivity index (χ4n) is 3.50. The number of carbonyl (C=O) groups is 1. The lowest BCUT2D eigenvalue weighted by atomic mass is 10.0. The first-order valence-electron chi connectivity index (χ1n) is 10.2. The number of amides is 1. The first-order chi connectivity index (χ1) is 14.6. The second-order valence-corrected chi connectivity index (χ2v) is 7.38. The molecule has 1 heterocycles. The molecule has 0 bridgehead atoms. The van der Waals surface area contributed by atoms with E-state index < -0.39 is 0 Å². The van der Waals surface area contributed by atoms with E-state index in [1.807, 2.05) is 37.3 Å². The van der Waals surface area contributed by atoms with Gasteiger partial charge in [0.1, 0.15) is 18.1 Å². The van der Waals surface area contributed by atoms with Gasteiger partial charge in [0.25, 0.3) is 5.91 Å². The van der Waals surface area contributed by atoms with Crippen LogP contribution in [0.15, 0.2) is 83.3 Å². The topological polar surface area (TPSA) is 51.5 Å². The van der Waals surface area contributed by atoms with Crippen molar-refractivity contribution in [3.8, 4) is 5.75 Å². The lowest BCUT2D eigenvalue weighted by molar-refractivity contribution is 0.0903. The van der Waals surface area contributed by atoms with E-state index in [0.29, 0.717) is 5.76 Å². The van der Waals surface area contributed by atoms with Gasteiger partial charge < -0.3 is 14.5 Å². The quantitative estimate of drug-likeness (QED) is 0.402. The van der Waals surface area contributed by atoms with E-state index in [1.165, 1.54) is 5.56 Å². The van der Waals surface area contributed by atoms with Crippen molar-refractivity contribution in [1.82, 2.24) is 5.32 Å². The molecule has 0 aliphatic carbocycles. The van der Waals surface area contributed by atoms with Crippen LogP contribution < -0.4 is 10.1 Å². The average Bonchev–Trinajstić information content (AvgIpc) is 3.26. The Morgan fingerprint density at radius 3 is 2.53 bits per heavy atom. The summed E-state index contributed by atoms with van der Waals surface area (Å²) in [4.78, 5) is 12.7. The molecule has 1 unspecified atom stereocenters. The largest absolute Gasteiger partial charge is 0.485 e. The highest BCUT2D eigenvalue weighted by Crippen LogP contribution is 2.26. The third kappa shape index (κ3) is 4.38. The number of carbonyl (C=O) groups excluding carboxylic acids is 1. The molecule has 4 aromatic rings. The predicted octanol–water partition coefficient (Wildman–Crippen LogP) is 6.20. The second kappa shape index (κ2) is 8.87. The number of furan rings is 1. The zero-order valence-electron chi connectivity index (χ0n) is 17.2. The summed E-state index contributed by atoms with van der Waals surface area (Å²) in [6.45, 7) is 4.36. The molecular formula is C26H25NO3. The minimum atomic E-state index is -0.223. The van der Waals surface area contributed by atoms with Crippen LogP contribution in [-0.2, 0) is 6.61 Å². The Morgan fingerprint density at radius 1 is 0.967 bits per heavy atom. The fourth-order valence-corrected chi connectivity index (χ4v) is 3.50. The minimum absolute atomic E-state index is 0.0569. The molecule has 0 radical (unpaired) electrons. The van der Waals surface area contributed by atoms with Crippen molar-refractivity contribution >= 4 is 16.7 Å². The van der Waals surface area contributed by atoms with Gasteiger partial charge in [-0.3, -0.25) is 4.79 Å². The van der Waals surface area contributed by atoms with Gasteiger partial charge in [-0.25, -0.2) is 0 Å². The van der Waals surface area contributed by atoms with E-state index >= 15 is 0 Å². The minimum Gasteiger partial charge on any atom is -0.485 e. The number of aryl methyl sites for hydroxylation is 1. The van der Waals surface area contributed by atoms with Gasteiger partial charge in [-0.05, 0) is 42.5 Å². The average molecular weight is 399 g/mol. The first-order valence-corrected chi connectivity index (χ1v) is 10.2. The van der Waals surface area contributed by atoms with E-state index in [2.05, 4.69) is 48.6 Å². The lowest BCUT2D eigenvalue weighted by Gasteiger charge is -2.17. The molecule has 3 aromatic carbocycles. The summed E-state index contributed by atoms with van der Waals surface area (Å²) in [5, 5.41) is 5.23. The molecule has 4 nitrogen and oxygen atoms in total. The van der Waals surface area contributed by atoms with Crippen molar-refractivity contribution in [3.63, 3.8) is 0 Å². The number of hydrogen-bond acceptors (Lipinski definition) is 3. The molecule has 0 aliphatic rings. The summed E-state index contributed by atoms with van der Waals surface area (Å²) in [6.07, 6.45) is 0.798. The van der Waals surface area contributed by atoms with E-state index in [0.717, 1.165) is 28.5 Å². The molecule has 0 fully saturated rings. The predicted molar refractivity (Wildman–Crippen MR) is 119 cm³/mol. The van der Waals surface area contributed by atoms with Gasteiger partial charge in [-0.2, -0.15) is 0 Å². The molecule has 4 rings (SSSR count). The standard InChI is InChI=1S/C26H25NO3/c1-3-23(20-13-11-18(2)12-14-20)27-26(28)25-16-15-21(30-25)17-29-24-10-6-8-19-7-4-5-9-22(19)24/h4-16,23H,3,17H2,1-2H3,(H,27,28). The van der Waals surface area contributed by atoms with Crippen LogP contribution in [0.1, 0.15) is 46.8 Å². The summed E-state index contributed by atoms with van der Waals surface area (Å²) < 4.78 is 11.7.